The highest BCUT2D eigenvalue weighted by molar-refractivity contribution is 5.77. The molecule has 1 heterocycles. The SMILES string of the molecule is O=c1[nH]c2cc(F)ccc2n1-c1ccccc1. The van der Waals surface area contributed by atoms with Crippen LogP contribution >= 0.6 is 0 Å². The standard InChI is InChI=1S/C13H9FN2O/c14-9-6-7-12-11(8-9)15-13(17)16(12)10-4-2-1-3-5-10/h1-8H,(H,15,17). The highest BCUT2D eigenvalue weighted by atomic mass is 19.1. The lowest BCUT2D eigenvalue weighted by atomic mass is 10.3. The van der Waals surface area contributed by atoms with Gasteiger partial charge in [0.1, 0.15) is 5.82 Å². The van der Waals surface area contributed by atoms with E-state index in [9.17, 15) is 9.18 Å². The minimum Gasteiger partial charge on any atom is -0.305 e. The zero-order valence-corrected chi connectivity index (χ0v) is 8.85. The second-order valence-electron chi connectivity index (χ2n) is 3.76. The van der Waals surface area contributed by atoms with E-state index in [0.717, 1.165) is 5.69 Å². The summed E-state index contributed by atoms with van der Waals surface area (Å²) in [7, 11) is 0. The Kier molecular flexibility index (Phi) is 2.08. The van der Waals surface area contributed by atoms with E-state index in [-0.39, 0.29) is 11.5 Å². The van der Waals surface area contributed by atoms with Crippen LogP contribution < -0.4 is 5.69 Å². The summed E-state index contributed by atoms with van der Waals surface area (Å²) in [4.78, 5) is 14.5. The van der Waals surface area contributed by atoms with Gasteiger partial charge in [-0.05, 0) is 30.3 Å². The van der Waals surface area contributed by atoms with Crippen LogP contribution in [0, 0.1) is 5.82 Å². The molecule has 0 atom stereocenters. The highest BCUT2D eigenvalue weighted by Gasteiger charge is 2.08. The third-order valence-electron chi connectivity index (χ3n) is 2.66. The third kappa shape index (κ3) is 1.54. The number of aromatic amines is 1. The van der Waals surface area contributed by atoms with Gasteiger partial charge in [-0.3, -0.25) is 4.57 Å². The molecule has 0 saturated carbocycles. The van der Waals surface area contributed by atoms with Gasteiger partial charge in [-0.15, -0.1) is 0 Å². The number of nitrogens with zero attached hydrogens (tertiary/aromatic N) is 1. The van der Waals surface area contributed by atoms with E-state index < -0.39 is 0 Å². The average molecular weight is 228 g/mol. The summed E-state index contributed by atoms with van der Waals surface area (Å²) in [6.07, 6.45) is 0. The minimum absolute atomic E-state index is 0.267. The summed E-state index contributed by atoms with van der Waals surface area (Å²) >= 11 is 0. The van der Waals surface area contributed by atoms with E-state index in [1.54, 1.807) is 6.07 Å². The summed E-state index contributed by atoms with van der Waals surface area (Å²) in [5, 5.41) is 0. The number of aromatic nitrogens is 2. The number of H-pyrrole nitrogens is 1. The molecule has 0 spiro atoms. The van der Waals surface area contributed by atoms with E-state index in [1.165, 1.54) is 16.7 Å². The molecule has 1 aromatic heterocycles. The van der Waals surface area contributed by atoms with Crippen molar-refractivity contribution in [2.75, 3.05) is 0 Å². The number of hydrogen-bond donors (Lipinski definition) is 1. The number of benzene rings is 2. The van der Waals surface area contributed by atoms with Crippen LogP contribution in [-0.2, 0) is 0 Å². The summed E-state index contributed by atoms with van der Waals surface area (Å²) < 4.78 is 14.6. The molecule has 0 unspecified atom stereocenters. The lowest BCUT2D eigenvalue weighted by molar-refractivity contribution is 0.629. The van der Waals surface area contributed by atoms with Crippen molar-refractivity contribution in [2.45, 2.75) is 0 Å². The van der Waals surface area contributed by atoms with Crippen molar-refractivity contribution in [1.82, 2.24) is 9.55 Å². The van der Waals surface area contributed by atoms with E-state index in [0.29, 0.717) is 11.0 Å². The van der Waals surface area contributed by atoms with Crippen LogP contribution in [0.4, 0.5) is 4.39 Å². The Morgan fingerprint density at radius 3 is 2.59 bits per heavy atom. The van der Waals surface area contributed by atoms with Crippen LogP contribution in [0.25, 0.3) is 16.7 Å². The van der Waals surface area contributed by atoms with Crippen LogP contribution in [0.5, 0.6) is 0 Å². The Morgan fingerprint density at radius 1 is 1.06 bits per heavy atom. The zero-order valence-electron chi connectivity index (χ0n) is 8.85. The van der Waals surface area contributed by atoms with Gasteiger partial charge in [-0.2, -0.15) is 0 Å². The molecule has 2 aromatic carbocycles. The van der Waals surface area contributed by atoms with Gasteiger partial charge in [-0.25, -0.2) is 9.18 Å². The second kappa shape index (κ2) is 3.59. The Morgan fingerprint density at radius 2 is 1.82 bits per heavy atom. The number of hydrogen-bond acceptors (Lipinski definition) is 1. The van der Waals surface area contributed by atoms with Gasteiger partial charge in [0, 0.05) is 0 Å². The monoisotopic (exact) mass is 228 g/mol. The molecule has 3 rings (SSSR count). The number of nitrogens with one attached hydrogen (secondary N) is 1. The van der Waals surface area contributed by atoms with Crippen molar-refractivity contribution < 1.29 is 4.39 Å². The average Bonchev–Trinajstić information content (AvgIpc) is 2.65. The number of fused-ring (bicyclic) bond motifs is 1. The molecule has 17 heavy (non-hydrogen) atoms. The van der Waals surface area contributed by atoms with Gasteiger partial charge >= 0.3 is 5.69 Å². The Hall–Kier alpha value is -2.36. The topological polar surface area (TPSA) is 37.8 Å². The predicted octanol–water partition coefficient (Wildman–Crippen LogP) is 2.46. The summed E-state index contributed by atoms with van der Waals surface area (Å²) in [5.41, 5.74) is 1.66. The molecule has 0 aliphatic carbocycles. The molecule has 4 heteroatoms. The summed E-state index contributed by atoms with van der Waals surface area (Å²) in [6, 6.07) is 13.5. The first-order valence-corrected chi connectivity index (χ1v) is 5.21. The van der Waals surface area contributed by atoms with Gasteiger partial charge in [0.2, 0.25) is 0 Å². The van der Waals surface area contributed by atoms with E-state index in [2.05, 4.69) is 4.98 Å². The maximum absolute atomic E-state index is 13.0. The van der Waals surface area contributed by atoms with Crippen LogP contribution in [0.2, 0.25) is 0 Å². The number of halogens is 1. The third-order valence-corrected chi connectivity index (χ3v) is 2.66. The van der Waals surface area contributed by atoms with E-state index in [1.807, 2.05) is 30.3 Å². The van der Waals surface area contributed by atoms with Gasteiger partial charge in [0.25, 0.3) is 0 Å². The van der Waals surface area contributed by atoms with Crippen molar-refractivity contribution in [3.8, 4) is 5.69 Å². The Balaban J connectivity index is 2.37. The van der Waals surface area contributed by atoms with Gasteiger partial charge < -0.3 is 4.98 Å². The molecule has 0 radical (unpaired) electrons. The number of imidazole rings is 1. The number of para-hydroxylation sites is 1. The van der Waals surface area contributed by atoms with Crippen molar-refractivity contribution >= 4 is 11.0 Å². The quantitative estimate of drug-likeness (QED) is 0.682. The first-order valence-electron chi connectivity index (χ1n) is 5.21. The van der Waals surface area contributed by atoms with E-state index in [4.69, 9.17) is 0 Å². The molecule has 0 saturated heterocycles. The lowest BCUT2D eigenvalue weighted by Crippen LogP contribution is -2.14. The smallest absolute Gasteiger partial charge is 0.305 e. The molecule has 0 fully saturated rings. The highest BCUT2D eigenvalue weighted by Crippen LogP contribution is 2.15. The first kappa shape index (κ1) is 9.84. The van der Waals surface area contributed by atoms with Crippen molar-refractivity contribution in [3.05, 3.63) is 64.8 Å². The van der Waals surface area contributed by atoms with Crippen LogP contribution in [0.15, 0.2) is 53.3 Å². The molecule has 84 valence electrons. The van der Waals surface area contributed by atoms with Crippen LogP contribution in [0.3, 0.4) is 0 Å². The van der Waals surface area contributed by atoms with Gasteiger partial charge in [0.15, 0.2) is 0 Å². The molecule has 0 aliphatic rings. The van der Waals surface area contributed by atoms with Crippen molar-refractivity contribution in [1.29, 1.82) is 0 Å². The zero-order chi connectivity index (χ0) is 11.8. The number of rotatable bonds is 1. The fraction of sp³-hybridized carbons (Fsp3) is 0. The Labute approximate surface area is 96.1 Å². The molecule has 3 nitrogen and oxygen atoms in total. The van der Waals surface area contributed by atoms with Crippen LogP contribution in [-0.4, -0.2) is 9.55 Å². The maximum atomic E-state index is 13.0. The van der Waals surface area contributed by atoms with Gasteiger partial charge in [-0.1, -0.05) is 18.2 Å². The lowest BCUT2D eigenvalue weighted by Gasteiger charge is -2.02. The summed E-state index contributed by atoms with van der Waals surface area (Å²) in [5.74, 6) is -0.362. The Bertz CT molecular complexity index is 728. The molecule has 0 bridgehead atoms. The van der Waals surface area contributed by atoms with Gasteiger partial charge in [0.05, 0.1) is 16.7 Å². The first-order chi connectivity index (χ1) is 8.25. The maximum Gasteiger partial charge on any atom is 0.331 e. The van der Waals surface area contributed by atoms with Crippen LogP contribution in [0.1, 0.15) is 0 Å². The fourth-order valence-corrected chi connectivity index (χ4v) is 1.92. The van der Waals surface area contributed by atoms with Crippen molar-refractivity contribution in [2.24, 2.45) is 0 Å². The molecule has 0 aliphatic heterocycles. The van der Waals surface area contributed by atoms with E-state index >= 15 is 0 Å². The molecule has 0 amide bonds. The largest absolute Gasteiger partial charge is 0.331 e. The predicted molar refractivity (Wildman–Crippen MR) is 63.9 cm³/mol. The fourth-order valence-electron chi connectivity index (χ4n) is 1.92. The second-order valence-corrected chi connectivity index (χ2v) is 3.76. The molecule has 3 aromatic rings. The minimum atomic E-state index is -0.362. The van der Waals surface area contributed by atoms with Crippen molar-refractivity contribution in [3.63, 3.8) is 0 Å². The molecular weight excluding hydrogens is 219 g/mol. The molecule has 1 N–H and O–H groups in total. The summed E-state index contributed by atoms with van der Waals surface area (Å²) in [6.45, 7) is 0. The molecular formula is C13H9FN2O. The normalized spacial score (nSPS) is 10.9.